The number of nitrogens with zero attached hydrogens (tertiary/aromatic N) is 1. The van der Waals surface area contributed by atoms with Crippen LogP contribution in [0.5, 0.6) is 0 Å². The van der Waals surface area contributed by atoms with Crippen molar-refractivity contribution in [3.63, 3.8) is 0 Å². The quantitative estimate of drug-likeness (QED) is 0.0156. The Morgan fingerprint density at radius 2 is 0.821 bits per heavy atom. The van der Waals surface area contributed by atoms with E-state index in [1.807, 2.05) is 33.3 Å². The van der Waals surface area contributed by atoms with Crippen molar-refractivity contribution in [3.8, 4) is 0 Å². The molecule has 0 aliphatic carbocycles. The van der Waals surface area contributed by atoms with Gasteiger partial charge in [0.05, 0.1) is 33.8 Å². The summed E-state index contributed by atoms with van der Waals surface area (Å²) in [5.74, 6) is -0.528. The van der Waals surface area contributed by atoms with Crippen LogP contribution in [0.3, 0.4) is 0 Å². The fraction of sp³-hybridized carbons (Fsp3) is 0.824. The molecule has 0 saturated heterocycles. The summed E-state index contributed by atoms with van der Waals surface area (Å²) >= 11 is 0. The molecular formula is C68H128N2O7P+. The van der Waals surface area contributed by atoms with Crippen LogP contribution in [-0.2, 0) is 27.9 Å². The molecule has 0 bridgehead atoms. The lowest BCUT2D eigenvalue weighted by Gasteiger charge is -2.27. The predicted molar refractivity (Wildman–Crippen MR) is 337 cm³/mol. The van der Waals surface area contributed by atoms with E-state index in [0.29, 0.717) is 23.9 Å². The molecular weight excluding hydrogens is 988 g/mol. The Balaban J connectivity index is 5.20. The second-order valence-corrected chi connectivity index (χ2v) is 25.1. The molecule has 0 saturated carbocycles. The van der Waals surface area contributed by atoms with E-state index < -0.39 is 20.0 Å². The van der Waals surface area contributed by atoms with Gasteiger partial charge in [0.1, 0.15) is 19.3 Å². The van der Waals surface area contributed by atoms with E-state index in [9.17, 15) is 19.0 Å². The number of allylic oxidation sites excluding steroid dienone is 9. The number of amides is 1. The molecule has 456 valence electrons. The van der Waals surface area contributed by atoms with Crippen LogP contribution in [0.15, 0.2) is 60.8 Å². The van der Waals surface area contributed by atoms with Crippen molar-refractivity contribution in [1.29, 1.82) is 0 Å². The second kappa shape index (κ2) is 57.9. The van der Waals surface area contributed by atoms with E-state index in [1.165, 1.54) is 199 Å². The lowest BCUT2D eigenvalue weighted by Crippen LogP contribution is -2.47. The fourth-order valence-electron chi connectivity index (χ4n) is 9.55. The van der Waals surface area contributed by atoms with E-state index in [0.717, 1.165) is 70.6 Å². The highest BCUT2D eigenvalue weighted by Crippen LogP contribution is 2.43. The molecule has 3 atom stereocenters. The summed E-state index contributed by atoms with van der Waals surface area (Å²) < 4.78 is 30.7. The Hall–Kier alpha value is -2.29. The Morgan fingerprint density at radius 1 is 0.462 bits per heavy atom. The fourth-order valence-corrected chi connectivity index (χ4v) is 10.3. The number of rotatable bonds is 60. The van der Waals surface area contributed by atoms with Crippen LogP contribution in [0.4, 0.5) is 0 Å². The van der Waals surface area contributed by atoms with Crippen molar-refractivity contribution in [1.82, 2.24) is 5.32 Å². The molecule has 0 radical (unpaired) electrons. The third kappa shape index (κ3) is 58.4. The number of hydrogen-bond acceptors (Lipinski definition) is 6. The standard InChI is InChI=1S/C68H127N2O7P/c1-7-10-13-16-19-22-25-28-30-32-33-34-35-36-37-38-40-43-46-49-52-55-58-61-68(72)77-66(59-56-53-50-47-44-41-27-24-21-18-15-12-9-3)65(64-76-78(73,74)75-63-62-70(4,5)6)69-67(71)60-57-54-51-48-45-42-39-31-29-26-23-20-17-14-11-8-2/h19,22,28,30-31,39,42,45,56,59,65-66H,7-18,20-21,23-27,29,32-38,40-41,43-44,46-55,57-58,60-64H2,1-6H3,(H-,69,71,73,74)/p+1/b22-19-,30-28-,39-31+,45-42+,59-56-. The van der Waals surface area contributed by atoms with Crippen LogP contribution in [0, 0.1) is 0 Å². The minimum Gasteiger partial charge on any atom is -0.456 e. The molecule has 0 aromatic carbocycles. The summed E-state index contributed by atoms with van der Waals surface area (Å²) in [4.78, 5) is 37.8. The van der Waals surface area contributed by atoms with Gasteiger partial charge in [0.15, 0.2) is 0 Å². The van der Waals surface area contributed by atoms with Crippen molar-refractivity contribution in [2.75, 3.05) is 40.9 Å². The van der Waals surface area contributed by atoms with Crippen molar-refractivity contribution in [2.45, 2.75) is 322 Å². The Labute approximate surface area is 483 Å². The van der Waals surface area contributed by atoms with Crippen LogP contribution >= 0.6 is 7.82 Å². The van der Waals surface area contributed by atoms with Gasteiger partial charge in [-0.3, -0.25) is 18.6 Å². The number of ether oxygens (including phenoxy) is 1. The van der Waals surface area contributed by atoms with E-state index in [2.05, 4.69) is 74.7 Å². The molecule has 1 amide bonds. The van der Waals surface area contributed by atoms with Crippen molar-refractivity contribution < 1.29 is 37.3 Å². The molecule has 0 aromatic heterocycles. The zero-order valence-electron chi connectivity index (χ0n) is 52.2. The first-order chi connectivity index (χ1) is 37.9. The van der Waals surface area contributed by atoms with Gasteiger partial charge in [-0.15, -0.1) is 0 Å². The minimum absolute atomic E-state index is 0.0348. The van der Waals surface area contributed by atoms with Crippen molar-refractivity contribution in [2.24, 2.45) is 0 Å². The highest BCUT2D eigenvalue weighted by atomic mass is 31.2. The van der Waals surface area contributed by atoms with Crippen LogP contribution in [0.1, 0.15) is 310 Å². The zero-order valence-corrected chi connectivity index (χ0v) is 53.1. The first kappa shape index (κ1) is 75.7. The molecule has 0 aliphatic heterocycles. The number of likely N-dealkylation sites (N-methyl/N-ethyl adjacent to an activating group) is 1. The average Bonchev–Trinajstić information content (AvgIpc) is 3.40. The van der Waals surface area contributed by atoms with Gasteiger partial charge in [-0.2, -0.15) is 0 Å². The van der Waals surface area contributed by atoms with Gasteiger partial charge in [-0.1, -0.05) is 268 Å². The Morgan fingerprint density at radius 3 is 1.27 bits per heavy atom. The number of nitrogens with one attached hydrogen (secondary N) is 1. The summed E-state index contributed by atoms with van der Waals surface area (Å²) in [6.07, 6.45) is 73.7. The smallest absolute Gasteiger partial charge is 0.456 e. The van der Waals surface area contributed by atoms with E-state index in [-0.39, 0.29) is 31.5 Å². The number of hydrogen-bond donors (Lipinski definition) is 2. The van der Waals surface area contributed by atoms with Crippen LogP contribution in [-0.4, -0.2) is 74.3 Å². The molecule has 3 unspecified atom stereocenters. The third-order valence-corrected chi connectivity index (χ3v) is 15.7. The lowest BCUT2D eigenvalue weighted by atomic mass is 10.0. The highest BCUT2D eigenvalue weighted by Gasteiger charge is 2.30. The number of unbranched alkanes of at least 4 members (excludes halogenated alkanes) is 37. The van der Waals surface area contributed by atoms with Crippen LogP contribution in [0.2, 0.25) is 0 Å². The molecule has 10 heteroatoms. The van der Waals surface area contributed by atoms with E-state index >= 15 is 0 Å². The molecule has 78 heavy (non-hydrogen) atoms. The second-order valence-electron chi connectivity index (χ2n) is 23.7. The Kier molecular flexibility index (Phi) is 56.2. The molecule has 9 nitrogen and oxygen atoms in total. The summed E-state index contributed by atoms with van der Waals surface area (Å²) in [6, 6.07) is -0.863. The molecule has 0 aromatic rings. The van der Waals surface area contributed by atoms with Gasteiger partial charge < -0.3 is 19.4 Å². The number of esters is 1. The van der Waals surface area contributed by atoms with E-state index in [1.54, 1.807) is 0 Å². The third-order valence-electron chi connectivity index (χ3n) is 14.7. The number of quaternary nitrogens is 1. The maximum absolute atomic E-state index is 13.5. The number of carbonyl (C=O) groups excluding carboxylic acids is 2. The number of phosphoric ester groups is 1. The van der Waals surface area contributed by atoms with Crippen LogP contribution < -0.4 is 5.32 Å². The van der Waals surface area contributed by atoms with E-state index in [4.69, 9.17) is 13.8 Å². The van der Waals surface area contributed by atoms with Gasteiger partial charge in [0.25, 0.3) is 0 Å². The number of phosphoric acid groups is 1. The first-order valence-electron chi connectivity index (χ1n) is 33.1. The molecule has 0 spiro atoms. The lowest BCUT2D eigenvalue weighted by molar-refractivity contribution is -0.870. The van der Waals surface area contributed by atoms with Gasteiger partial charge >= 0.3 is 13.8 Å². The average molecular weight is 1120 g/mol. The first-order valence-corrected chi connectivity index (χ1v) is 34.6. The van der Waals surface area contributed by atoms with Gasteiger partial charge in [0.2, 0.25) is 5.91 Å². The van der Waals surface area contributed by atoms with Gasteiger partial charge in [0, 0.05) is 12.8 Å². The largest absolute Gasteiger partial charge is 0.472 e. The SMILES string of the molecule is CCCCC/C=C\C/C=C\CCCCCCCCCCCCCCCC(=O)OC(/C=C\CCCCCCCCCCCCC)C(COP(=O)(O)OCC[N+](C)(C)C)NC(=O)CCCCC/C=C/C=C/CCCCCCCCC. The molecule has 0 aliphatic rings. The normalized spacial score (nSPS) is 14.0. The molecule has 0 heterocycles. The monoisotopic (exact) mass is 1120 g/mol. The highest BCUT2D eigenvalue weighted by molar-refractivity contribution is 7.47. The minimum atomic E-state index is -4.46. The van der Waals surface area contributed by atoms with Crippen LogP contribution in [0.25, 0.3) is 0 Å². The molecule has 0 rings (SSSR count). The Bertz CT molecular complexity index is 1520. The molecule has 0 fully saturated rings. The number of carbonyl (C=O) groups is 2. The molecule has 2 N–H and O–H groups in total. The summed E-state index contributed by atoms with van der Waals surface area (Å²) in [6.45, 7) is 6.99. The summed E-state index contributed by atoms with van der Waals surface area (Å²) in [7, 11) is 1.48. The maximum atomic E-state index is 13.5. The maximum Gasteiger partial charge on any atom is 0.472 e. The summed E-state index contributed by atoms with van der Waals surface area (Å²) in [5.41, 5.74) is 0. The zero-order chi connectivity index (χ0) is 57.2. The van der Waals surface area contributed by atoms with Crippen molar-refractivity contribution in [3.05, 3.63) is 60.8 Å². The van der Waals surface area contributed by atoms with Gasteiger partial charge in [-0.05, 0) is 89.5 Å². The predicted octanol–water partition coefficient (Wildman–Crippen LogP) is 20.6. The topological polar surface area (TPSA) is 111 Å². The summed E-state index contributed by atoms with van der Waals surface area (Å²) in [5, 5.41) is 3.05. The van der Waals surface area contributed by atoms with Gasteiger partial charge in [-0.25, -0.2) is 4.57 Å². The van der Waals surface area contributed by atoms with Crippen molar-refractivity contribution >= 4 is 19.7 Å².